The van der Waals surface area contributed by atoms with Crippen molar-refractivity contribution in [3.05, 3.63) is 28.7 Å². The zero-order chi connectivity index (χ0) is 13.9. The maximum absolute atomic E-state index is 11.5. The van der Waals surface area contributed by atoms with Crippen LogP contribution in [0.15, 0.2) is 28.7 Å². The Hall–Kier alpha value is -1.08. The molecule has 0 saturated carbocycles. The first-order valence-electron chi connectivity index (χ1n) is 5.86. The van der Waals surface area contributed by atoms with E-state index in [0.717, 1.165) is 4.47 Å². The van der Waals surface area contributed by atoms with Crippen molar-refractivity contribution in [3.63, 3.8) is 0 Å². The molecule has 0 aromatic heterocycles. The molecule has 104 valence electrons. The van der Waals surface area contributed by atoms with Gasteiger partial charge in [0.2, 0.25) is 0 Å². The van der Waals surface area contributed by atoms with Gasteiger partial charge in [-0.3, -0.25) is 0 Å². The van der Waals surface area contributed by atoms with Gasteiger partial charge in [0.1, 0.15) is 5.75 Å². The van der Waals surface area contributed by atoms with Gasteiger partial charge < -0.3 is 10.1 Å². The van der Waals surface area contributed by atoms with Crippen molar-refractivity contribution in [2.24, 2.45) is 5.92 Å². The number of rotatable bonds is 3. The summed E-state index contributed by atoms with van der Waals surface area (Å²) in [4.78, 5) is 11.5. The van der Waals surface area contributed by atoms with E-state index >= 15 is 0 Å². The number of ether oxygens (including phenoxy) is 1. The van der Waals surface area contributed by atoms with E-state index in [9.17, 15) is 13.2 Å². The second-order valence-corrected chi connectivity index (χ2v) is 7.64. The molecular weight excluding hydrogens is 334 g/mol. The number of amides is 1. The fraction of sp³-hybridized carbons (Fsp3) is 0.417. The van der Waals surface area contributed by atoms with Crippen LogP contribution >= 0.6 is 15.9 Å². The minimum Gasteiger partial charge on any atom is -0.410 e. The van der Waals surface area contributed by atoms with E-state index in [1.54, 1.807) is 18.2 Å². The Morgan fingerprint density at radius 3 is 2.89 bits per heavy atom. The Balaban J connectivity index is 1.79. The van der Waals surface area contributed by atoms with Gasteiger partial charge in [0.05, 0.1) is 11.5 Å². The summed E-state index contributed by atoms with van der Waals surface area (Å²) in [6.07, 6.45) is 0.0295. The molecule has 7 heteroatoms. The van der Waals surface area contributed by atoms with Crippen molar-refractivity contribution in [1.82, 2.24) is 5.32 Å². The molecule has 1 heterocycles. The van der Waals surface area contributed by atoms with Crippen LogP contribution in [-0.2, 0) is 9.84 Å². The number of hydrogen-bond acceptors (Lipinski definition) is 4. The molecule has 1 N–H and O–H groups in total. The maximum atomic E-state index is 11.5. The summed E-state index contributed by atoms with van der Waals surface area (Å²) in [6.45, 7) is 0.325. The highest BCUT2D eigenvalue weighted by Crippen LogP contribution is 2.19. The maximum Gasteiger partial charge on any atom is 0.412 e. The summed E-state index contributed by atoms with van der Waals surface area (Å²) in [6, 6.07) is 6.94. The molecule has 1 aliphatic heterocycles. The first-order chi connectivity index (χ1) is 8.94. The van der Waals surface area contributed by atoms with Crippen LogP contribution in [0.1, 0.15) is 6.42 Å². The zero-order valence-corrected chi connectivity index (χ0v) is 12.5. The lowest BCUT2D eigenvalue weighted by molar-refractivity contribution is 0.199. The number of halogens is 1. The van der Waals surface area contributed by atoms with Crippen molar-refractivity contribution < 1.29 is 17.9 Å². The minimum absolute atomic E-state index is 0.0138. The Labute approximate surface area is 120 Å². The molecule has 1 unspecified atom stereocenters. The van der Waals surface area contributed by atoms with Crippen molar-refractivity contribution >= 4 is 31.9 Å². The van der Waals surface area contributed by atoms with Crippen molar-refractivity contribution in [1.29, 1.82) is 0 Å². The molecule has 0 radical (unpaired) electrons. The zero-order valence-electron chi connectivity index (χ0n) is 10.1. The Bertz CT molecular complexity index is 573. The van der Waals surface area contributed by atoms with Gasteiger partial charge in [-0.15, -0.1) is 0 Å². The molecule has 1 aromatic rings. The third-order valence-corrected chi connectivity index (χ3v) is 5.20. The molecule has 1 fully saturated rings. The highest BCUT2D eigenvalue weighted by atomic mass is 79.9. The van der Waals surface area contributed by atoms with Crippen molar-refractivity contribution in [2.75, 3.05) is 18.1 Å². The topological polar surface area (TPSA) is 72.5 Å². The van der Waals surface area contributed by atoms with Gasteiger partial charge in [0.15, 0.2) is 9.84 Å². The molecule has 1 atom stereocenters. The summed E-state index contributed by atoms with van der Waals surface area (Å²) in [5.74, 6) is 0.774. The van der Waals surface area contributed by atoms with Crippen molar-refractivity contribution in [2.45, 2.75) is 6.42 Å². The fourth-order valence-electron chi connectivity index (χ4n) is 1.93. The average molecular weight is 348 g/mol. The van der Waals surface area contributed by atoms with Gasteiger partial charge in [0, 0.05) is 11.0 Å². The van der Waals surface area contributed by atoms with Crippen LogP contribution in [-0.4, -0.2) is 32.6 Å². The summed E-state index contributed by atoms with van der Waals surface area (Å²) >= 11 is 3.28. The van der Waals surface area contributed by atoms with Crippen LogP contribution in [0.25, 0.3) is 0 Å². The largest absolute Gasteiger partial charge is 0.412 e. The van der Waals surface area contributed by atoms with E-state index < -0.39 is 15.9 Å². The summed E-state index contributed by atoms with van der Waals surface area (Å²) in [5, 5.41) is 2.59. The molecule has 19 heavy (non-hydrogen) atoms. The Morgan fingerprint density at radius 2 is 2.26 bits per heavy atom. The normalized spacial score (nSPS) is 21.0. The van der Waals surface area contributed by atoms with Gasteiger partial charge in [-0.25, -0.2) is 13.2 Å². The van der Waals surface area contributed by atoms with Gasteiger partial charge >= 0.3 is 6.09 Å². The minimum atomic E-state index is -2.91. The molecule has 5 nitrogen and oxygen atoms in total. The third-order valence-electron chi connectivity index (χ3n) is 2.87. The van der Waals surface area contributed by atoms with E-state index in [4.69, 9.17) is 4.74 Å². The van der Waals surface area contributed by atoms with Crippen LogP contribution in [0.3, 0.4) is 0 Å². The number of carbonyl (C=O) groups excluding carboxylic acids is 1. The highest BCUT2D eigenvalue weighted by Gasteiger charge is 2.28. The first-order valence-corrected chi connectivity index (χ1v) is 8.48. The molecule has 1 aromatic carbocycles. The molecule has 1 saturated heterocycles. The SMILES string of the molecule is O=C(NCC1CCS(=O)(=O)C1)Oc1cccc(Br)c1. The standard InChI is InChI=1S/C12H14BrNO4S/c13-10-2-1-3-11(6-10)18-12(15)14-7-9-4-5-19(16,17)8-9/h1-3,6,9H,4-5,7-8H2,(H,14,15). The van der Waals surface area contributed by atoms with Crippen LogP contribution in [0.2, 0.25) is 0 Å². The summed E-state index contributed by atoms with van der Waals surface area (Å²) in [5.41, 5.74) is 0. The third kappa shape index (κ3) is 4.50. The van der Waals surface area contributed by atoms with Gasteiger partial charge in [-0.05, 0) is 30.5 Å². The molecule has 0 bridgehead atoms. The summed E-state index contributed by atoms with van der Waals surface area (Å²) < 4.78 is 28.4. The average Bonchev–Trinajstić information content (AvgIpc) is 2.66. The number of benzene rings is 1. The van der Waals surface area contributed by atoms with Crippen molar-refractivity contribution in [3.8, 4) is 5.75 Å². The van der Waals surface area contributed by atoms with Gasteiger partial charge in [-0.1, -0.05) is 22.0 Å². The number of nitrogens with one attached hydrogen (secondary N) is 1. The molecule has 0 spiro atoms. The van der Waals surface area contributed by atoms with Gasteiger partial charge in [-0.2, -0.15) is 0 Å². The monoisotopic (exact) mass is 347 g/mol. The van der Waals surface area contributed by atoms with E-state index in [1.807, 2.05) is 6.07 Å². The predicted octanol–water partition coefficient (Wildman–Crippen LogP) is 1.97. The van der Waals surface area contributed by atoms with Crippen LogP contribution in [0.5, 0.6) is 5.75 Å². The smallest absolute Gasteiger partial charge is 0.410 e. The number of hydrogen-bond donors (Lipinski definition) is 1. The molecule has 1 aliphatic rings. The Morgan fingerprint density at radius 1 is 1.47 bits per heavy atom. The van der Waals surface area contributed by atoms with E-state index in [-0.39, 0.29) is 17.4 Å². The quantitative estimate of drug-likeness (QED) is 0.907. The lowest BCUT2D eigenvalue weighted by Crippen LogP contribution is -2.32. The second-order valence-electron chi connectivity index (χ2n) is 4.50. The van der Waals surface area contributed by atoms with Crippen LogP contribution in [0, 0.1) is 5.92 Å². The fourth-order valence-corrected chi connectivity index (χ4v) is 4.17. The summed E-state index contributed by atoms with van der Waals surface area (Å²) in [7, 11) is -2.91. The van der Waals surface area contributed by atoms with E-state index in [1.165, 1.54) is 0 Å². The first kappa shape index (κ1) is 14.3. The molecular formula is C12H14BrNO4S. The molecule has 1 amide bonds. The van der Waals surface area contributed by atoms with Gasteiger partial charge in [0.25, 0.3) is 0 Å². The van der Waals surface area contributed by atoms with Crippen LogP contribution < -0.4 is 10.1 Å². The van der Waals surface area contributed by atoms with E-state index in [0.29, 0.717) is 18.7 Å². The van der Waals surface area contributed by atoms with E-state index in [2.05, 4.69) is 21.2 Å². The number of carbonyl (C=O) groups is 1. The second kappa shape index (κ2) is 5.92. The highest BCUT2D eigenvalue weighted by molar-refractivity contribution is 9.10. The number of sulfone groups is 1. The predicted molar refractivity (Wildman–Crippen MR) is 74.9 cm³/mol. The molecule has 0 aliphatic carbocycles. The van der Waals surface area contributed by atoms with Crippen LogP contribution in [0.4, 0.5) is 4.79 Å². The molecule has 2 rings (SSSR count). The lowest BCUT2D eigenvalue weighted by atomic mass is 10.1. The Kier molecular flexibility index (Phi) is 4.46. The lowest BCUT2D eigenvalue weighted by Gasteiger charge is -2.10.